The molecule has 0 saturated carbocycles. The summed E-state index contributed by atoms with van der Waals surface area (Å²) in [5, 5.41) is 2.99. The van der Waals surface area contributed by atoms with E-state index in [2.05, 4.69) is 45.1 Å². The molecule has 0 unspecified atom stereocenters. The smallest absolute Gasteiger partial charge is 0.143 e. The topological polar surface area (TPSA) is 37.8 Å². The van der Waals surface area contributed by atoms with Crippen molar-refractivity contribution in [3.63, 3.8) is 0 Å². The summed E-state index contributed by atoms with van der Waals surface area (Å²) in [5.74, 6) is 1.25. The number of halogens is 1. The third kappa shape index (κ3) is 1.75. The van der Waals surface area contributed by atoms with E-state index in [9.17, 15) is 0 Å². The van der Waals surface area contributed by atoms with E-state index in [4.69, 9.17) is 0 Å². The monoisotopic (exact) mass is 229 g/mol. The standard InChI is InChI=1S/C8H12BrN3/c1-5(2)7-6(9)8(10-3)12-4-11-7/h4-5H,1-3H3,(H,10,11,12). The maximum absolute atomic E-state index is 4.19. The van der Waals surface area contributed by atoms with Crippen molar-refractivity contribution in [3.8, 4) is 0 Å². The maximum Gasteiger partial charge on any atom is 0.143 e. The summed E-state index contributed by atoms with van der Waals surface area (Å²) in [6, 6.07) is 0. The van der Waals surface area contributed by atoms with E-state index in [1.165, 1.54) is 0 Å². The minimum atomic E-state index is 0.412. The van der Waals surface area contributed by atoms with Crippen LogP contribution in [0.3, 0.4) is 0 Å². The van der Waals surface area contributed by atoms with Gasteiger partial charge in [0, 0.05) is 7.05 Å². The van der Waals surface area contributed by atoms with Crippen molar-refractivity contribution in [3.05, 3.63) is 16.5 Å². The zero-order valence-corrected chi connectivity index (χ0v) is 9.01. The SMILES string of the molecule is CNc1ncnc(C(C)C)c1Br. The molecule has 0 bridgehead atoms. The molecule has 0 aliphatic rings. The molecule has 0 atom stereocenters. The largest absolute Gasteiger partial charge is 0.372 e. The van der Waals surface area contributed by atoms with Crippen LogP contribution in [-0.2, 0) is 0 Å². The van der Waals surface area contributed by atoms with E-state index >= 15 is 0 Å². The highest BCUT2D eigenvalue weighted by Gasteiger charge is 2.09. The Balaban J connectivity index is 3.14. The lowest BCUT2D eigenvalue weighted by Crippen LogP contribution is -2.00. The summed E-state index contributed by atoms with van der Waals surface area (Å²) >= 11 is 3.45. The fraction of sp³-hybridized carbons (Fsp3) is 0.500. The van der Waals surface area contributed by atoms with Gasteiger partial charge in [0.15, 0.2) is 0 Å². The molecule has 0 aliphatic heterocycles. The van der Waals surface area contributed by atoms with Gasteiger partial charge in [0.25, 0.3) is 0 Å². The summed E-state index contributed by atoms with van der Waals surface area (Å²) < 4.78 is 0.961. The zero-order chi connectivity index (χ0) is 9.14. The fourth-order valence-corrected chi connectivity index (χ4v) is 1.82. The number of hydrogen-bond donors (Lipinski definition) is 1. The lowest BCUT2D eigenvalue weighted by Gasteiger charge is -2.09. The molecule has 0 aliphatic carbocycles. The molecule has 0 fully saturated rings. The van der Waals surface area contributed by atoms with Crippen molar-refractivity contribution in [1.29, 1.82) is 0 Å². The molecule has 0 spiro atoms. The van der Waals surface area contributed by atoms with Gasteiger partial charge in [0.2, 0.25) is 0 Å². The number of hydrogen-bond acceptors (Lipinski definition) is 3. The molecule has 0 saturated heterocycles. The number of nitrogens with zero attached hydrogens (tertiary/aromatic N) is 2. The van der Waals surface area contributed by atoms with Crippen molar-refractivity contribution in [2.45, 2.75) is 19.8 Å². The first-order valence-electron chi connectivity index (χ1n) is 3.85. The zero-order valence-electron chi connectivity index (χ0n) is 7.43. The minimum absolute atomic E-state index is 0.412. The second kappa shape index (κ2) is 3.85. The van der Waals surface area contributed by atoms with Crippen LogP contribution in [0, 0.1) is 0 Å². The summed E-state index contributed by atoms with van der Waals surface area (Å²) in [6.45, 7) is 4.21. The average molecular weight is 230 g/mol. The van der Waals surface area contributed by atoms with Gasteiger partial charge in [-0.05, 0) is 21.8 Å². The van der Waals surface area contributed by atoms with Gasteiger partial charge in [0.05, 0.1) is 10.2 Å². The van der Waals surface area contributed by atoms with Gasteiger partial charge < -0.3 is 5.32 Å². The normalized spacial score (nSPS) is 10.4. The lowest BCUT2D eigenvalue weighted by atomic mass is 10.1. The Bertz CT molecular complexity index is 273. The first-order valence-corrected chi connectivity index (χ1v) is 4.64. The Kier molecular flexibility index (Phi) is 3.03. The van der Waals surface area contributed by atoms with Gasteiger partial charge in [-0.25, -0.2) is 9.97 Å². The number of aromatic nitrogens is 2. The summed E-state index contributed by atoms with van der Waals surface area (Å²) in [7, 11) is 1.84. The maximum atomic E-state index is 4.19. The van der Waals surface area contributed by atoms with Crippen molar-refractivity contribution in [2.75, 3.05) is 12.4 Å². The first-order chi connectivity index (χ1) is 5.66. The number of nitrogens with one attached hydrogen (secondary N) is 1. The molecular formula is C8H12BrN3. The summed E-state index contributed by atoms with van der Waals surface area (Å²) in [5.41, 5.74) is 1.04. The minimum Gasteiger partial charge on any atom is -0.372 e. The summed E-state index contributed by atoms with van der Waals surface area (Å²) in [4.78, 5) is 8.26. The molecule has 12 heavy (non-hydrogen) atoms. The second-order valence-corrected chi connectivity index (χ2v) is 3.62. The Morgan fingerprint density at radius 2 is 2.08 bits per heavy atom. The molecule has 1 N–H and O–H groups in total. The first kappa shape index (κ1) is 9.45. The fourth-order valence-electron chi connectivity index (χ4n) is 0.960. The van der Waals surface area contributed by atoms with E-state index in [1.54, 1.807) is 6.33 Å². The van der Waals surface area contributed by atoms with E-state index in [-0.39, 0.29) is 0 Å². The predicted molar refractivity (Wildman–Crippen MR) is 53.4 cm³/mol. The molecule has 3 nitrogen and oxygen atoms in total. The molecule has 4 heteroatoms. The quantitative estimate of drug-likeness (QED) is 0.847. The van der Waals surface area contributed by atoms with Gasteiger partial charge in [-0.2, -0.15) is 0 Å². The van der Waals surface area contributed by atoms with Crippen LogP contribution in [-0.4, -0.2) is 17.0 Å². The van der Waals surface area contributed by atoms with E-state index in [0.717, 1.165) is 16.0 Å². The molecule has 1 aromatic heterocycles. The van der Waals surface area contributed by atoms with Crippen molar-refractivity contribution in [2.24, 2.45) is 0 Å². The van der Waals surface area contributed by atoms with Crippen LogP contribution in [0.15, 0.2) is 10.8 Å². The second-order valence-electron chi connectivity index (χ2n) is 2.83. The Morgan fingerprint density at radius 1 is 1.42 bits per heavy atom. The Morgan fingerprint density at radius 3 is 2.58 bits per heavy atom. The third-order valence-corrected chi connectivity index (χ3v) is 2.38. The molecule has 1 aromatic rings. The van der Waals surface area contributed by atoms with Gasteiger partial charge in [-0.3, -0.25) is 0 Å². The van der Waals surface area contributed by atoms with Crippen LogP contribution in [0.5, 0.6) is 0 Å². The van der Waals surface area contributed by atoms with Crippen molar-refractivity contribution >= 4 is 21.7 Å². The average Bonchev–Trinajstić information content (AvgIpc) is 2.04. The highest BCUT2D eigenvalue weighted by molar-refractivity contribution is 9.10. The van der Waals surface area contributed by atoms with Crippen LogP contribution in [0.25, 0.3) is 0 Å². The molecular weight excluding hydrogens is 218 g/mol. The molecule has 1 heterocycles. The van der Waals surface area contributed by atoms with Crippen LogP contribution < -0.4 is 5.32 Å². The lowest BCUT2D eigenvalue weighted by molar-refractivity contribution is 0.807. The molecule has 1 rings (SSSR count). The van der Waals surface area contributed by atoms with E-state index < -0.39 is 0 Å². The van der Waals surface area contributed by atoms with E-state index in [0.29, 0.717) is 5.92 Å². The Labute approximate surface area is 80.7 Å². The van der Waals surface area contributed by atoms with Crippen molar-refractivity contribution < 1.29 is 0 Å². The predicted octanol–water partition coefficient (Wildman–Crippen LogP) is 2.40. The number of rotatable bonds is 2. The van der Waals surface area contributed by atoms with E-state index in [1.807, 2.05) is 7.05 Å². The molecule has 0 radical (unpaired) electrons. The van der Waals surface area contributed by atoms with Crippen LogP contribution in [0.4, 0.5) is 5.82 Å². The van der Waals surface area contributed by atoms with Crippen molar-refractivity contribution in [1.82, 2.24) is 9.97 Å². The van der Waals surface area contributed by atoms with Crippen LogP contribution >= 0.6 is 15.9 Å². The summed E-state index contributed by atoms with van der Waals surface area (Å²) in [6.07, 6.45) is 1.58. The van der Waals surface area contributed by atoms with Gasteiger partial charge in [-0.1, -0.05) is 13.8 Å². The number of anilines is 1. The van der Waals surface area contributed by atoms with Crippen LogP contribution in [0.2, 0.25) is 0 Å². The van der Waals surface area contributed by atoms with Gasteiger partial charge >= 0.3 is 0 Å². The van der Waals surface area contributed by atoms with Gasteiger partial charge in [-0.15, -0.1) is 0 Å². The highest BCUT2D eigenvalue weighted by atomic mass is 79.9. The molecule has 0 aromatic carbocycles. The Hall–Kier alpha value is -0.640. The highest BCUT2D eigenvalue weighted by Crippen LogP contribution is 2.26. The third-order valence-electron chi connectivity index (χ3n) is 1.60. The molecule has 0 amide bonds. The van der Waals surface area contributed by atoms with Crippen LogP contribution in [0.1, 0.15) is 25.5 Å². The molecule has 66 valence electrons. The van der Waals surface area contributed by atoms with Gasteiger partial charge in [0.1, 0.15) is 12.1 Å².